The van der Waals surface area contributed by atoms with Crippen molar-refractivity contribution in [3.05, 3.63) is 0 Å². The van der Waals surface area contributed by atoms with Crippen LogP contribution in [0.4, 0.5) is 0 Å². The topological polar surface area (TPSA) is 78.9 Å². The van der Waals surface area contributed by atoms with Crippen molar-refractivity contribution in [2.24, 2.45) is 0 Å². The van der Waals surface area contributed by atoms with E-state index in [1.54, 1.807) is 13.8 Å². The van der Waals surface area contributed by atoms with Gasteiger partial charge in [-0.15, -0.1) is 0 Å². The number of sulfone groups is 1. The van der Waals surface area contributed by atoms with Crippen LogP contribution in [0.25, 0.3) is 0 Å². The van der Waals surface area contributed by atoms with Crippen LogP contribution >= 0.6 is 7.60 Å². The quantitative estimate of drug-likeness (QED) is 0.640. The molecule has 6 nitrogen and oxygen atoms in total. The highest BCUT2D eigenvalue weighted by Crippen LogP contribution is 2.54. The van der Waals surface area contributed by atoms with Crippen LogP contribution in [0.15, 0.2) is 0 Å². The molecule has 0 N–H and O–H groups in total. The third-order valence-corrected chi connectivity index (χ3v) is 6.26. The largest absolute Gasteiger partial charge is 0.374 e. The minimum Gasteiger partial charge on any atom is -0.355 e. The maximum atomic E-state index is 12.0. The number of ether oxygens (including phenoxy) is 1. The molecule has 0 aromatic heterocycles. The van der Waals surface area contributed by atoms with Gasteiger partial charge >= 0.3 is 7.60 Å². The average Bonchev–Trinajstić information content (AvgIpc) is 2.02. The first kappa shape index (κ1) is 15.1. The van der Waals surface area contributed by atoms with Gasteiger partial charge in [0.1, 0.15) is 0 Å². The Morgan fingerprint density at radius 1 is 1.20 bits per heavy atom. The molecule has 0 fully saturated rings. The number of rotatable bonds is 7. The van der Waals surface area contributed by atoms with Gasteiger partial charge in [0.2, 0.25) is 0 Å². The van der Waals surface area contributed by atoms with E-state index in [9.17, 15) is 13.0 Å². The van der Waals surface area contributed by atoms with Gasteiger partial charge in [0.25, 0.3) is 5.18 Å². The zero-order valence-corrected chi connectivity index (χ0v) is 11.0. The Morgan fingerprint density at radius 2 is 1.60 bits per heavy atom. The summed E-state index contributed by atoms with van der Waals surface area (Å²) in [6.45, 7) is 3.38. The molecule has 1 atom stereocenters. The Labute approximate surface area is 90.4 Å². The summed E-state index contributed by atoms with van der Waals surface area (Å²) in [6, 6.07) is 0. The van der Waals surface area contributed by atoms with Gasteiger partial charge in [-0.25, -0.2) is 8.42 Å². The van der Waals surface area contributed by atoms with Crippen molar-refractivity contribution >= 4 is 17.4 Å². The fourth-order valence-electron chi connectivity index (χ4n) is 1.06. The Kier molecular flexibility index (Phi) is 5.98. The van der Waals surface area contributed by atoms with Crippen molar-refractivity contribution in [3.8, 4) is 0 Å². The van der Waals surface area contributed by atoms with Gasteiger partial charge in [0, 0.05) is 13.4 Å². The van der Waals surface area contributed by atoms with E-state index in [0.717, 1.165) is 13.4 Å². The normalized spacial score (nSPS) is 15.2. The lowest BCUT2D eigenvalue weighted by Crippen LogP contribution is -2.24. The highest BCUT2D eigenvalue weighted by molar-refractivity contribution is 7.97. The lowest BCUT2D eigenvalue weighted by atomic mass is 10.9. The summed E-state index contributed by atoms with van der Waals surface area (Å²) in [5, 5.41) is -1.56. The second-order valence-electron chi connectivity index (χ2n) is 2.75. The van der Waals surface area contributed by atoms with Crippen LogP contribution in [-0.2, 0) is 28.2 Å². The molecule has 0 heterocycles. The van der Waals surface area contributed by atoms with E-state index >= 15 is 0 Å². The lowest BCUT2D eigenvalue weighted by Gasteiger charge is -2.23. The van der Waals surface area contributed by atoms with E-state index in [1.165, 1.54) is 0 Å². The number of hydrogen-bond acceptors (Lipinski definition) is 6. The highest BCUT2D eigenvalue weighted by atomic mass is 32.2. The average molecular weight is 260 g/mol. The molecule has 1 unspecified atom stereocenters. The van der Waals surface area contributed by atoms with Crippen LogP contribution in [0.2, 0.25) is 0 Å². The van der Waals surface area contributed by atoms with Crippen LogP contribution < -0.4 is 0 Å². The summed E-state index contributed by atoms with van der Waals surface area (Å²) in [5.74, 6) is 0. The minimum atomic E-state index is -3.76. The van der Waals surface area contributed by atoms with E-state index in [1.807, 2.05) is 0 Å². The Hall–Kier alpha value is 0.0600. The molecule has 0 radical (unpaired) electrons. The third-order valence-electron chi connectivity index (χ3n) is 1.44. The van der Waals surface area contributed by atoms with Crippen LogP contribution in [0.3, 0.4) is 0 Å². The molecule has 8 heteroatoms. The van der Waals surface area contributed by atoms with Gasteiger partial charge in [0.15, 0.2) is 9.84 Å². The molecule has 92 valence electrons. The van der Waals surface area contributed by atoms with Gasteiger partial charge in [-0.2, -0.15) is 0 Å². The van der Waals surface area contributed by atoms with Gasteiger partial charge < -0.3 is 13.8 Å². The van der Waals surface area contributed by atoms with Crippen LogP contribution in [-0.4, -0.2) is 40.2 Å². The van der Waals surface area contributed by atoms with Gasteiger partial charge in [0.05, 0.1) is 13.2 Å². The first-order valence-corrected chi connectivity index (χ1v) is 7.99. The number of hydrogen-bond donors (Lipinski definition) is 0. The van der Waals surface area contributed by atoms with E-state index in [0.29, 0.717) is 0 Å². The number of methoxy groups -OCH3 is 1. The molecule has 0 aromatic rings. The summed E-state index contributed by atoms with van der Waals surface area (Å²) in [7, 11) is -6.26. The maximum Gasteiger partial charge on any atom is 0.374 e. The van der Waals surface area contributed by atoms with Crippen LogP contribution in [0.1, 0.15) is 13.8 Å². The highest BCUT2D eigenvalue weighted by Gasteiger charge is 2.43. The first-order valence-electron chi connectivity index (χ1n) is 4.42. The standard InChI is InChI=1S/C7H17O6PS/c1-5-12-14(8,13-6-2)7(11-3)15(4,9)10/h7H,5-6H2,1-4H3. The monoisotopic (exact) mass is 260 g/mol. The predicted molar refractivity (Wildman–Crippen MR) is 56.5 cm³/mol. The molecular formula is C7H17O6PS. The maximum absolute atomic E-state index is 12.0. The molecule has 0 spiro atoms. The third kappa shape index (κ3) is 4.20. The van der Waals surface area contributed by atoms with E-state index in [2.05, 4.69) is 4.74 Å². The summed E-state index contributed by atoms with van der Waals surface area (Å²) < 4.78 is 49.1. The Bertz CT molecular complexity index is 314. The second kappa shape index (κ2) is 5.96. The van der Waals surface area contributed by atoms with Gasteiger partial charge in [-0.05, 0) is 13.8 Å². The fraction of sp³-hybridized carbons (Fsp3) is 1.00. The van der Waals surface area contributed by atoms with Crippen molar-refractivity contribution in [1.29, 1.82) is 0 Å². The molecule has 0 aliphatic heterocycles. The molecule has 0 aromatic carbocycles. The Morgan fingerprint density at radius 3 is 1.80 bits per heavy atom. The zero-order valence-electron chi connectivity index (χ0n) is 9.30. The van der Waals surface area contributed by atoms with E-state index in [-0.39, 0.29) is 13.2 Å². The molecule has 0 saturated carbocycles. The zero-order chi connectivity index (χ0) is 12.1. The van der Waals surface area contributed by atoms with Gasteiger partial charge in [-0.1, -0.05) is 0 Å². The van der Waals surface area contributed by atoms with Crippen molar-refractivity contribution in [3.63, 3.8) is 0 Å². The predicted octanol–water partition coefficient (Wildman–Crippen LogP) is 1.23. The van der Waals surface area contributed by atoms with E-state index in [4.69, 9.17) is 9.05 Å². The second-order valence-corrected chi connectivity index (χ2v) is 7.25. The van der Waals surface area contributed by atoms with Crippen LogP contribution in [0.5, 0.6) is 0 Å². The molecule has 0 aliphatic carbocycles. The summed E-state index contributed by atoms with van der Waals surface area (Å²) in [4.78, 5) is 0. The Balaban J connectivity index is 5.12. The molecule has 0 aliphatic rings. The van der Waals surface area contributed by atoms with Crippen molar-refractivity contribution in [2.45, 2.75) is 19.0 Å². The summed E-state index contributed by atoms with van der Waals surface area (Å²) in [5.41, 5.74) is 0. The van der Waals surface area contributed by atoms with Crippen molar-refractivity contribution in [2.75, 3.05) is 26.6 Å². The molecule has 15 heavy (non-hydrogen) atoms. The van der Waals surface area contributed by atoms with E-state index < -0.39 is 22.6 Å². The fourth-order valence-corrected chi connectivity index (χ4v) is 4.94. The molecule has 0 bridgehead atoms. The molecule has 0 amide bonds. The van der Waals surface area contributed by atoms with Crippen molar-refractivity contribution in [1.82, 2.24) is 0 Å². The SMILES string of the molecule is CCOP(=O)(OCC)C(OC)S(C)(=O)=O. The van der Waals surface area contributed by atoms with Crippen LogP contribution in [0, 0.1) is 0 Å². The molecule has 0 saturated heterocycles. The molecular weight excluding hydrogens is 243 g/mol. The van der Waals surface area contributed by atoms with Crippen molar-refractivity contribution < 1.29 is 26.8 Å². The summed E-state index contributed by atoms with van der Waals surface area (Å²) >= 11 is 0. The lowest BCUT2D eigenvalue weighted by molar-refractivity contribution is 0.147. The van der Waals surface area contributed by atoms with Gasteiger partial charge in [-0.3, -0.25) is 4.57 Å². The molecule has 0 rings (SSSR count). The smallest absolute Gasteiger partial charge is 0.355 e. The first-order chi connectivity index (χ1) is 6.81. The minimum absolute atomic E-state index is 0.0899. The summed E-state index contributed by atoms with van der Waals surface area (Å²) in [6.07, 6.45) is 0.922.